The number of nitrogens with one attached hydrogen (secondary N) is 2. The van der Waals surface area contributed by atoms with Crippen molar-refractivity contribution in [3.63, 3.8) is 0 Å². The summed E-state index contributed by atoms with van der Waals surface area (Å²) in [7, 11) is 1.60. The molecule has 4 heterocycles. The van der Waals surface area contributed by atoms with Gasteiger partial charge < -0.3 is 29.4 Å². The minimum absolute atomic E-state index is 0.0493. The van der Waals surface area contributed by atoms with Gasteiger partial charge in [-0.25, -0.2) is 0 Å². The van der Waals surface area contributed by atoms with Crippen LogP contribution in [0.2, 0.25) is 0 Å². The van der Waals surface area contributed by atoms with E-state index in [1.807, 2.05) is 6.07 Å². The number of benzene rings is 1. The van der Waals surface area contributed by atoms with Crippen LogP contribution in [0.25, 0.3) is 0 Å². The molecular formula is C23H25N7O5. The molecule has 0 radical (unpaired) electrons. The molecule has 0 aliphatic carbocycles. The first-order chi connectivity index (χ1) is 17.1. The van der Waals surface area contributed by atoms with E-state index in [0.717, 1.165) is 37.4 Å². The van der Waals surface area contributed by atoms with E-state index in [4.69, 9.17) is 13.9 Å². The number of aromatic nitrogens is 3. The van der Waals surface area contributed by atoms with Crippen molar-refractivity contribution in [2.24, 2.45) is 0 Å². The van der Waals surface area contributed by atoms with Crippen LogP contribution in [0.1, 0.15) is 26.6 Å². The number of amides is 2. The summed E-state index contributed by atoms with van der Waals surface area (Å²) in [6.45, 7) is 4.44. The zero-order valence-electron chi connectivity index (χ0n) is 19.2. The minimum atomic E-state index is -0.578. The highest BCUT2D eigenvalue weighted by atomic mass is 16.5. The number of carbonyl (C=O) groups excluding carboxylic acids is 2. The van der Waals surface area contributed by atoms with Crippen molar-refractivity contribution in [3.8, 4) is 5.75 Å². The van der Waals surface area contributed by atoms with Crippen LogP contribution < -0.4 is 25.2 Å². The van der Waals surface area contributed by atoms with Crippen molar-refractivity contribution in [2.45, 2.75) is 6.54 Å². The average molecular weight is 479 g/mol. The standard InChI is InChI=1S/C23H25N7O5/c1-33-10-11-34-16-2-3-17-15(12-16)14-30(22(17)32)23-28-27-21(35-23)20(31)26-18-13-25-5-4-19(18)29-8-6-24-7-9-29/h2-5,12-13,24H,6-11,14H2,1H3,(H,26,31). The third-order valence-corrected chi connectivity index (χ3v) is 5.78. The fourth-order valence-corrected chi connectivity index (χ4v) is 4.04. The molecule has 1 saturated heterocycles. The second kappa shape index (κ2) is 10.1. The molecule has 2 aromatic heterocycles. The topological polar surface area (TPSA) is 135 Å². The molecule has 12 heteroatoms. The van der Waals surface area contributed by atoms with Crippen molar-refractivity contribution < 1.29 is 23.5 Å². The van der Waals surface area contributed by atoms with Gasteiger partial charge in [0.25, 0.3) is 5.91 Å². The van der Waals surface area contributed by atoms with Crippen LogP contribution in [0.15, 0.2) is 41.1 Å². The number of ether oxygens (including phenoxy) is 2. The summed E-state index contributed by atoms with van der Waals surface area (Å²) >= 11 is 0. The molecule has 2 aliphatic heterocycles. The number of methoxy groups -OCH3 is 1. The minimum Gasteiger partial charge on any atom is -0.491 e. The Morgan fingerprint density at radius 3 is 2.89 bits per heavy atom. The summed E-state index contributed by atoms with van der Waals surface area (Å²) in [4.78, 5) is 33.4. The van der Waals surface area contributed by atoms with Gasteiger partial charge in [-0.2, -0.15) is 0 Å². The van der Waals surface area contributed by atoms with Gasteiger partial charge in [-0.3, -0.25) is 19.5 Å². The number of hydrogen-bond donors (Lipinski definition) is 2. The van der Waals surface area contributed by atoms with E-state index in [0.29, 0.717) is 30.2 Å². The lowest BCUT2D eigenvalue weighted by atomic mass is 10.1. The first kappa shape index (κ1) is 22.7. The SMILES string of the molecule is COCCOc1ccc2c(c1)CN(c1nnc(C(=O)Nc3cnccc3N3CCNCC3)o1)C2=O. The van der Waals surface area contributed by atoms with E-state index < -0.39 is 5.91 Å². The average Bonchev–Trinajstić information content (AvgIpc) is 3.50. The van der Waals surface area contributed by atoms with Gasteiger partial charge >= 0.3 is 17.8 Å². The maximum absolute atomic E-state index is 12.9. The third-order valence-electron chi connectivity index (χ3n) is 5.78. The van der Waals surface area contributed by atoms with Gasteiger partial charge in [-0.1, -0.05) is 5.10 Å². The Morgan fingerprint density at radius 1 is 1.20 bits per heavy atom. The quantitative estimate of drug-likeness (QED) is 0.455. The van der Waals surface area contributed by atoms with Gasteiger partial charge in [0.1, 0.15) is 12.4 Å². The second-order valence-corrected chi connectivity index (χ2v) is 8.03. The number of fused-ring (bicyclic) bond motifs is 1. The Hall–Kier alpha value is -4.03. The predicted octanol–water partition coefficient (Wildman–Crippen LogP) is 1.31. The molecule has 0 atom stereocenters. The number of hydrogen-bond acceptors (Lipinski definition) is 10. The highest BCUT2D eigenvalue weighted by molar-refractivity contribution is 6.09. The normalized spacial score (nSPS) is 15.3. The molecule has 5 rings (SSSR count). The van der Waals surface area contributed by atoms with Gasteiger partial charge in [0.05, 0.1) is 30.7 Å². The van der Waals surface area contributed by atoms with E-state index in [1.165, 1.54) is 4.90 Å². The van der Waals surface area contributed by atoms with E-state index in [9.17, 15) is 9.59 Å². The lowest BCUT2D eigenvalue weighted by Gasteiger charge is -2.30. The molecule has 3 aromatic rings. The molecule has 0 saturated carbocycles. The molecular weight excluding hydrogens is 454 g/mol. The number of nitrogens with zero attached hydrogens (tertiary/aromatic N) is 5. The van der Waals surface area contributed by atoms with E-state index in [2.05, 4.69) is 30.7 Å². The first-order valence-corrected chi connectivity index (χ1v) is 11.2. The van der Waals surface area contributed by atoms with Crippen LogP contribution in [0.5, 0.6) is 5.75 Å². The van der Waals surface area contributed by atoms with Crippen LogP contribution in [0.3, 0.4) is 0 Å². The van der Waals surface area contributed by atoms with Crippen molar-refractivity contribution >= 4 is 29.2 Å². The largest absolute Gasteiger partial charge is 0.491 e. The molecule has 2 aliphatic rings. The molecule has 0 spiro atoms. The number of rotatable bonds is 8. The Morgan fingerprint density at radius 2 is 2.06 bits per heavy atom. The monoisotopic (exact) mass is 479 g/mol. The molecule has 1 aromatic carbocycles. The number of anilines is 3. The highest BCUT2D eigenvalue weighted by Crippen LogP contribution is 2.31. The zero-order chi connectivity index (χ0) is 24.2. The number of piperazine rings is 1. The maximum atomic E-state index is 12.9. The fraction of sp³-hybridized carbons (Fsp3) is 0.348. The predicted molar refractivity (Wildman–Crippen MR) is 126 cm³/mol. The van der Waals surface area contributed by atoms with Gasteiger partial charge in [-0.15, -0.1) is 5.10 Å². The van der Waals surface area contributed by atoms with Gasteiger partial charge in [0.2, 0.25) is 0 Å². The van der Waals surface area contributed by atoms with Crippen molar-refractivity contribution in [1.82, 2.24) is 20.5 Å². The molecule has 12 nitrogen and oxygen atoms in total. The summed E-state index contributed by atoms with van der Waals surface area (Å²) < 4.78 is 16.2. The lowest BCUT2D eigenvalue weighted by molar-refractivity contribution is 0.0972. The Bertz CT molecular complexity index is 1220. The van der Waals surface area contributed by atoms with Crippen LogP contribution in [0.4, 0.5) is 17.4 Å². The maximum Gasteiger partial charge on any atom is 0.326 e. The number of pyridine rings is 1. The van der Waals surface area contributed by atoms with Crippen molar-refractivity contribution in [3.05, 3.63) is 53.7 Å². The third kappa shape index (κ3) is 4.79. The summed E-state index contributed by atoms with van der Waals surface area (Å²) in [6, 6.07) is 7.03. The van der Waals surface area contributed by atoms with E-state index in [-0.39, 0.29) is 24.4 Å². The van der Waals surface area contributed by atoms with Crippen molar-refractivity contribution in [2.75, 3.05) is 61.6 Å². The smallest absolute Gasteiger partial charge is 0.326 e. The number of carbonyl (C=O) groups is 2. The van der Waals surface area contributed by atoms with E-state index >= 15 is 0 Å². The van der Waals surface area contributed by atoms with Gasteiger partial charge in [0.15, 0.2) is 0 Å². The molecule has 182 valence electrons. The van der Waals surface area contributed by atoms with Gasteiger partial charge in [0, 0.05) is 45.0 Å². The zero-order valence-corrected chi connectivity index (χ0v) is 19.2. The second-order valence-electron chi connectivity index (χ2n) is 8.03. The Balaban J connectivity index is 1.28. The Kier molecular flexibility index (Phi) is 6.55. The lowest BCUT2D eigenvalue weighted by Crippen LogP contribution is -2.43. The molecule has 0 bridgehead atoms. The van der Waals surface area contributed by atoms with Crippen LogP contribution in [-0.4, -0.2) is 73.5 Å². The van der Waals surface area contributed by atoms with Gasteiger partial charge in [-0.05, 0) is 29.8 Å². The molecule has 1 fully saturated rings. The molecule has 35 heavy (non-hydrogen) atoms. The summed E-state index contributed by atoms with van der Waals surface area (Å²) in [5, 5.41) is 13.9. The fourth-order valence-electron chi connectivity index (χ4n) is 4.04. The summed E-state index contributed by atoms with van der Waals surface area (Å²) in [6.07, 6.45) is 3.27. The molecule has 2 amide bonds. The van der Waals surface area contributed by atoms with Crippen LogP contribution >= 0.6 is 0 Å². The van der Waals surface area contributed by atoms with Crippen molar-refractivity contribution in [1.29, 1.82) is 0 Å². The van der Waals surface area contributed by atoms with E-state index in [1.54, 1.807) is 37.7 Å². The summed E-state index contributed by atoms with van der Waals surface area (Å²) in [5.74, 6) is -0.473. The van der Waals surface area contributed by atoms with Crippen LogP contribution in [0, 0.1) is 0 Å². The first-order valence-electron chi connectivity index (χ1n) is 11.2. The molecule has 0 unspecified atom stereocenters. The van der Waals surface area contributed by atoms with Crippen LogP contribution in [-0.2, 0) is 11.3 Å². The highest BCUT2D eigenvalue weighted by Gasteiger charge is 2.33. The Labute approximate surface area is 201 Å². The summed E-state index contributed by atoms with van der Waals surface area (Å²) in [5.41, 5.74) is 2.70. The molecule has 2 N–H and O–H groups in total.